The van der Waals surface area contributed by atoms with Gasteiger partial charge >= 0.3 is 6.18 Å². The number of thiazole rings is 1. The molecule has 7 rings (SSSR count). The third kappa shape index (κ3) is 4.41. The fourth-order valence-corrected chi connectivity index (χ4v) is 7.44. The molecule has 0 atom stereocenters. The normalized spacial score (nSPS) is 19.8. The number of pyridine rings is 1. The zero-order valence-corrected chi connectivity index (χ0v) is 23.0. The quantitative estimate of drug-likeness (QED) is 0.370. The minimum atomic E-state index is -4.44. The van der Waals surface area contributed by atoms with Gasteiger partial charge in [-0.1, -0.05) is 11.3 Å². The van der Waals surface area contributed by atoms with Gasteiger partial charge in [-0.2, -0.15) is 23.4 Å². The van der Waals surface area contributed by atoms with Crippen LogP contribution < -0.4 is 9.64 Å². The summed E-state index contributed by atoms with van der Waals surface area (Å²) in [5.41, 5.74) is 2.53. The zero-order valence-electron chi connectivity index (χ0n) is 22.2. The maximum Gasteiger partial charge on any atom is 0.393 e. The van der Waals surface area contributed by atoms with Crippen molar-refractivity contribution < 1.29 is 22.6 Å². The van der Waals surface area contributed by atoms with Gasteiger partial charge in [0.1, 0.15) is 16.3 Å². The fraction of sp³-hybridized carbons (Fsp3) is 0.538. The van der Waals surface area contributed by atoms with Crippen LogP contribution in [0.2, 0.25) is 0 Å². The lowest BCUT2D eigenvalue weighted by Crippen LogP contribution is -2.73. The van der Waals surface area contributed by atoms with E-state index in [2.05, 4.69) is 30.1 Å². The third-order valence-electron chi connectivity index (χ3n) is 8.19. The highest BCUT2D eigenvalue weighted by molar-refractivity contribution is 7.19. The molecule has 3 aliphatic heterocycles. The first-order chi connectivity index (χ1) is 19.2. The molecule has 4 aromatic heterocycles. The Morgan fingerprint density at radius 3 is 2.70 bits per heavy atom. The molecule has 0 aromatic carbocycles. The van der Waals surface area contributed by atoms with E-state index in [1.807, 2.05) is 6.92 Å². The van der Waals surface area contributed by atoms with Gasteiger partial charge < -0.3 is 14.4 Å². The van der Waals surface area contributed by atoms with Crippen LogP contribution in [0.15, 0.2) is 18.6 Å². The van der Waals surface area contributed by atoms with Gasteiger partial charge in [0.15, 0.2) is 11.4 Å². The molecule has 7 heterocycles. The number of nitrogens with zero attached hydrogens (tertiary/aromatic N) is 7. The van der Waals surface area contributed by atoms with Gasteiger partial charge in [0.05, 0.1) is 30.6 Å². The minimum Gasteiger partial charge on any atom is -0.493 e. The molecule has 0 bridgehead atoms. The van der Waals surface area contributed by atoms with Crippen LogP contribution in [-0.4, -0.2) is 93.4 Å². The molecule has 1 N–H and O–H groups in total. The van der Waals surface area contributed by atoms with Crippen molar-refractivity contribution in [3.63, 3.8) is 0 Å². The Morgan fingerprint density at radius 2 is 1.98 bits per heavy atom. The number of ether oxygens (including phenoxy) is 2. The van der Waals surface area contributed by atoms with E-state index in [0.717, 1.165) is 62.9 Å². The number of nitrogens with one attached hydrogen (secondary N) is 1. The molecule has 0 unspecified atom stereocenters. The molecule has 1 spiro atoms. The monoisotopic (exact) mass is 574 g/mol. The maximum absolute atomic E-state index is 13.8. The van der Waals surface area contributed by atoms with Crippen molar-refractivity contribution in [3.05, 3.63) is 29.8 Å². The molecule has 0 saturated carbocycles. The molecule has 14 heteroatoms. The van der Waals surface area contributed by atoms with E-state index >= 15 is 0 Å². The number of methoxy groups -OCH3 is 1. The molecule has 3 fully saturated rings. The van der Waals surface area contributed by atoms with Gasteiger partial charge in [0.25, 0.3) is 0 Å². The van der Waals surface area contributed by atoms with E-state index in [1.54, 1.807) is 12.3 Å². The van der Waals surface area contributed by atoms with Crippen LogP contribution in [0.3, 0.4) is 0 Å². The summed E-state index contributed by atoms with van der Waals surface area (Å²) in [5, 5.41) is 12.8. The lowest BCUT2D eigenvalue weighted by atomic mass is 9.72. The first kappa shape index (κ1) is 25.7. The second kappa shape index (κ2) is 9.42. The van der Waals surface area contributed by atoms with E-state index in [1.165, 1.54) is 29.3 Å². The number of aromatic amines is 1. The summed E-state index contributed by atoms with van der Waals surface area (Å²) in [6.45, 7) is 7.68. The van der Waals surface area contributed by atoms with Gasteiger partial charge in [-0.05, 0) is 25.8 Å². The number of anilines is 1. The number of hydrogen-bond donors (Lipinski definition) is 1. The predicted molar refractivity (Wildman–Crippen MR) is 143 cm³/mol. The first-order valence-corrected chi connectivity index (χ1v) is 14.1. The van der Waals surface area contributed by atoms with Gasteiger partial charge in [-0.25, -0.2) is 14.5 Å². The van der Waals surface area contributed by atoms with Crippen molar-refractivity contribution in [2.75, 3.05) is 51.4 Å². The molecule has 0 radical (unpaired) electrons. The van der Waals surface area contributed by atoms with E-state index < -0.39 is 12.6 Å². The number of fused-ring (bicyclic) bond motifs is 1. The summed E-state index contributed by atoms with van der Waals surface area (Å²) >= 11 is 1.41. The average molecular weight is 575 g/mol. The predicted octanol–water partition coefficient (Wildman–Crippen LogP) is 3.97. The van der Waals surface area contributed by atoms with Crippen molar-refractivity contribution in [3.8, 4) is 27.7 Å². The molecule has 10 nitrogen and oxygen atoms in total. The third-order valence-corrected chi connectivity index (χ3v) is 9.42. The lowest BCUT2D eigenvalue weighted by Gasteiger charge is -2.62. The van der Waals surface area contributed by atoms with Crippen LogP contribution in [0.25, 0.3) is 27.6 Å². The largest absolute Gasteiger partial charge is 0.493 e. The second-order valence-corrected chi connectivity index (χ2v) is 12.0. The highest BCUT2D eigenvalue weighted by atomic mass is 32.1. The summed E-state index contributed by atoms with van der Waals surface area (Å²) in [7, 11) is 1.48. The summed E-state index contributed by atoms with van der Waals surface area (Å²) in [4.78, 5) is 13.7. The number of rotatable bonds is 6. The van der Waals surface area contributed by atoms with Gasteiger partial charge in [-0.3, -0.25) is 10.00 Å². The van der Waals surface area contributed by atoms with E-state index in [4.69, 9.17) is 14.5 Å². The Bertz CT molecular complexity index is 1540. The zero-order chi connectivity index (χ0) is 27.6. The maximum atomic E-state index is 13.8. The molecule has 0 aliphatic carbocycles. The minimum absolute atomic E-state index is 0.0421. The number of hydrogen-bond acceptors (Lipinski definition) is 9. The fourth-order valence-electron chi connectivity index (χ4n) is 6.35. The number of aromatic nitrogens is 6. The van der Waals surface area contributed by atoms with Gasteiger partial charge in [0.2, 0.25) is 0 Å². The van der Waals surface area contributed by atoms with Gasteiger partial charge in [0, 0.05) is 68.2 Å². The molecular formula is C26H29F3N8O2S. The van der Waals surface area contributed by atoms with Crippen LogP contribution in [0, 0.1) is 12.3 Å². The highest BCUT2D eigenvalue weighted by Crippen LogP contribution is 2.47. The Kier molecular flexibility index (Phi) is 6.05. The molecule has 212 valence electrons. The summed E-state index contributed by atoms with van der Waals surface area (Å²) in [6.07, 6.45) is -0.417. The van der Waals surface area contributed by atoms with E-state index in [9.17, 15) is 13.2 Å². The number of halogens is 3. The molecular weight excluding hydrogens is 545 g/mol. The van der Waals surface area contributed by atoms with Crippen LogP contribution in [0.5, 0.6) is 5.75 Å². The van der Waals surface area contributed by atoms with Crippen molar-refractivity contribution >= 4 is 22.0 Å². The topological polar surface area (TPSA) is 96.7 Å². The Morgan fingerprint density at radius 1 is 1.20 bits per heavy atom. The molecule has 3 aliphatic rings. The van der Waals surface area contributed by atoms with Crippen LogP contribution in [0.4, 0.5) is 18.2 Å². The van der Waals surface area contributed by atoms with Crippen molar-refractivity contribution in [2.45, 2.75) is 38.4 Å². The Balaban J connectivity index is 1.15. The van der Waals surface area contributed by atoms with Crippen molar-refractivity contribution in [1.29, 1.82) is 0 Å². The van der Waals surface area contributed by atoms with E-state index in [0.29, 0.717) is 33.4 Å². The van der Waals surface area contributed by atoms with Crippen molar-refractivity contribution in [1.82, 2.24) is 34.7 Å². The van der Waals surface area contributed by atoms with E-state index in [-0.39, 0.29) is 17.0 Å². The van der Waals surface area contributed by atoms with Crippen LogP contribution >= 0.6 is 11.3 Å². The average Bonchev–Trinajstić information content (AvgIpc) is 3.60. The Hall–Kier alpha value is -3.23. The number of aryl methyl sites for hydroxylation is 1. The van der Waals surface area contributed by atoms with Crippen LogP contribution in [-0.2, 0) is 11.2 Å². The second-order valence-electron chi connectivity index (χ2n) is 11.1. The SMILES string of the molecule is COc1cc(-c2n[nH]c(-c3nc(C)c(N4CC5(C4)CN(C4CCOCC4)C5)s3)c2CC(F)(F)F)cn2ncnc12. The molecule has 4 aromatic rings. The van der Waals surface area contributed by atoms with Crippen LogP contribution in [0.1, 0.15) is 24.1 Å². The number of H-pyrrole nitrogens is 1. The first-order valence-electron chi connectivity index (χ1n) is 13.3. The van der Waals surface area contributed by atoms with Crippen molar-refractivity contribution in [2.24, 2.45) is 5.41 Å². The molecule has 40 heavy (non-hydrogen) atoms. The number of alkyl halides is 3. The summed E-state index contributed by atoms with van der Waals surface area (Å²) < 4.78 is 53.8. The summed E-state index contributed by atoms with van der Waals surface area (Å²) in [6, 6.07) is 2.25. The smallest absolute Gasteiger partial charge is 0.393 e. The standard InChI is InChI=1S/C26H29F3N8O2S/c1-15-24(36-12-25(13-36)10-35(11-25)17-3-5-39-6-4-17)40-23(32-15)21-18(8-26(27,28)29)20(33-34-21)16-7-19(38-2)22-30-14-31-37(22)9-16/h7,9,14,17H,3-6,8,10-13H2,1-2H3,(H,33,34). The molecule has 3 saturated heterocycles. The summed E-state index contributed by atoms with van der Waals surface area (Å²) in [5.74, 6) is 0.392. The highest BCUT2D eigenvalue weighted by Gasteiger charge is 2.53. The lowest BCUT2D eigenvalue weighted by molar-refractivity contribution is -0.127. The number of likely N-dealkylation sites (tertiary alicyclic amines) is 1. The molecule has 0 amide bonds. The van der Waals surface area contributed by atoms with Gasteiger partial charge in [-0.15, -0.1) is 0 Å². The Labute approximate surface area is 232 Å².